The summed E-state index contributed by atoms with van der Waals surface area (Å²) >= 11 is 0. The molecule has 4 nitrogen and oxygen atoms in total. The Morgan fingerprint density at radius 3 is 2.38 bits per heavy atom. The van der Waals surface area contributed by atoms with Crippen LogP contribution in [0.2, 0.25) is 0 Å². The summed E-state index contributed by atoms with van der Waals surface area (Å²) in [5, 5.41) is 19.3. The number of phenols is 2. The largest absolute Gasteiger partial charge is 0.508 e. The molecule has 0 saturated carbocycles. The van der Waals surface area contributed by atoms with Crippen LogP contribution in [-0.2, 0) is 16.0 Å². The van der Waals surface area contributed by atoms with E-state index in [0.29, 0.717) is 12.0 Å². The Balaban J connectivity index is 2.32. The van der Waals surface area contributed by atoms with Gasteiger partial charge in [0.25, 0.3) is 0 Å². The molecule has 2 rings (SSSR count). The lowest BCUT2D eigenvalue weighted by Gasteiger charge is -2.16. The molecule has 0 aliphatic carbocycles. The molecular formula is C17H18O4. The topological polar surface area (TPSA) is 66.8 Å². The molecule has 0 heterocycles. The number of esters is 1. The molecule has 0 saturated heterocycles. The Labute approximate surface area is 123 Å². The average molecular weight is 286 g/mol. The predicted molar refractivity (Wildman–Crippen MR) is 79.4 cm³/mol. The van der Waals surface area contributed by atoms with Gasteiger partial charge in [0.1, 0.15) is 11.5 Å². The minimum atomic E-state index is -0.524. The van der Waals surface area contributed by atoms with Crippen LogP contribution in [0.3, 0.4) is 0 Å². The van der Waals surface area contributed by atoms with E-state index in [1.165, 1.54) is 19.2 Å². The van der Waals surface area contributed by atoms with Gasteiger partial charge in [-0.1, -0.05) is 24.3 Å². The molecule has 4 heteroatoms. The van der Waals surface area contributed by atoms with E-state index in [1.807, 2.05) is 13.0 Å². The van der Waals surface area contributed by atoms with Crippen molar-refractivity contribution in [1.29, 1.82) is 0 Å². The number of carbonyl (C=O) groups is 1. The zero-order chi connectivity index (χ0) is 15.4. The normalized spacial score (nSPS) is 11.9. The van der Waals surface area contributed by atoms with Gasteiger partial charge in [-0.25, -0.2) is 0 Å². The predicted octanol–water partition coefficient (Wildman–Crippen LogP) is 2.91. The lowest BCUT2D eigenvalue weighted by molar-refractivity contribution is -0.142. The standard InChI is InChI=1S/C17H18O4/c1-11-3-4-13(16(19)9-11)10-15(17(20)21-2)12-5-7-14(18)8-6-12/h3-9,15,18-19H,10H2,1-2H3. The van der Waals surface area contributed by atoms with Crippen LogP contribution < -0.4 is 0 Å². The van der Waals surface area contributed by atoms with Gasteiger partial charge in [0.2, 0.25) is 0 Å². The molecule has 0 radical (unpaired) electrons. The minimum absolute atomic E-state index is 0.139. The molecule has 2 aromatic rings. The number of hydrogen-bond donors (Lipinski definition) is 2. The summed E-state index contributed by atoms with van der Waals surface area (Å²) in [4.78, 5) is 12.0. The zero-order valence-corrected chi connectivity index (χ0v) is 12.0. The van der Waals surface area contributed by atoms with E-state index in [2.05, 4.69) is 0 Å². The van der Waals surface area contributed by atoms with Crippen LogP contribution in [-0.4, -0.2) is 23.3 Å². The Morgan fingerprint density at radius 2 is 1.81 bits per heavy atom. The van der Waals surface area contributed by atoms with Gasteiger partial charge in [0.05, 0.1) is 13.0 Å². The summed E-state index contributed by atoms with van der Waals surface area (Å²) < 4.78 is 4.85. The SMILES string of the molecule is COC(=O)C(Cc1ccc(C)cc1O)c1ccc(O)cc1. The summed E-state index contributed by atoms with van der Waals surface area (Å²) in [6, 6.07) is 11.8. The number of benzene rings is 2. The van der Waals surface area contributed by atoms with Crippen molar-refractivity contribution in [1.82, 2.24) is 0 Å². The lowest BCUT2D eigenvalue weighted by Crippen LogP contribution is -2.17. The number of rotatable bonds is 4. The fourth-order valence-electron chi connectivity index (χ4n) is 2.25. The number of carbonyl (C=O) groups excluding carboxylic acids is 1. The molecule has 2 N–H and O–H groups in total. The molecule has 0 aliphatic heterocycles. The Morgan fingerprint density at radius 1 is 1.14 bits per heavy atom. The number of methoxy groups -OCH3 is 1. The maximum absolute atomic E-state index is 12.0. The molecule has 110 valence electrons. The van der Waals surface area contributed by atoms with Gasteiger partial charge in [-0.15, -0.1) is 0 Å². The first-order chi connectivity index (χ1) is 10.0. The fourth-order valence-corrected chi connectivity index (χ4v) is 2.25. The first-order valence-corrected chi connectivity index (χ1v) is 6.66. The minimum Gasteiger partial charge on any atom is -0.508 e. The average Bonchev–Trinajstić information content (AvgIpc) is 2.47. The van der Waals surface area contributed by atoms with Crippen molar-refractivity contribution in [2.24, 2.45) is 0 Å². The number of hydrogen-bond acceptors (Lipinski definition) is 4. The highest BCUT2D eigenvalue weighted by Crippen LogP contribution is 2.28. The third-order valence-corrected chi connectivity index (χ3v) is 3.45. The van der Waals surface area contributed by atoms with Gasteiger partial charge in [-0.2, -0.15) is 0 Å². The molecule has 1 atom stereocenters. The van der Waals surface area contributed by atoms with Crippen molar-refractivity contribution in [2.45, 2.75) is 19.3 Å². The summed E-state index contributed by atoms with van der Waals surface area (Å²) in [5.74, 6) is -0.590. The van der Waals surface area contributed by atoms with Crippen LogP contribution in [0.5, 0.6) is 11.5 Å². The number of aryl methyl sites for hydroxylation is 1. The third kappa shape index (κ3) is 3.54. The van der Waals surface area contributed by atoms with Crippen molar-refractivity contribution < 1.29 is 19.7 Å². The smallest absolute Gasteiger partial charge is 0.313 e. The Kier molecular flexibility index (Phi) is 4.48. The maximum atomic E-state index is 12.0. The molecule has 0 fully saturated rings. The number of ether oxygens (including phenoxy) is 1. The maximum Gasteiger partial charge on any atom is 0.313 e. The number of phenolic OH excluding ortho intramolecular Hbond substituents is 2. The second-order valence-electron chi connectivity index (χ2n) is 5.00. The van der Waals surface area contributed by atoms with Crippen LogP contribution >= 0.6 is 0 Å². The first kappa shape index (κ1) is 14.9. The van der Waals surface area contributed by atoms with E-state index >= 15 is 0 Å². The Bertz CT molecular complexity index is 632. The molecular weight excluding hydrogens is 268 g/mol. The van der Waals surface area contributed by atoms with Crippen molar-refractivity contribution >= 4 is 5.97 Å². The third-order valence-electron chi connectivity index (χ3n) is 3.45. The van der Waals surface area contributed by atoms with E-state index in [-0.39, 0.29) is 17.5 Å². The van der Waals surface area contributed by atoms with Gasteiger partial charge in [0.15, 0.2) is 0 Å². The first-order valence-electron chi connectivity index (χ1n) is 6.66. The van der Waals surface area contributed by atoms with Crippen LogP contribution in [0.15, 0.2) is 42.5 Å². The van der Waals surface area contributed by atoms with E-state index < -0.39 is 5.92 Å². The lowest BCUT2D eigenvalue weighted by atomic mass is 9.91. The summed E-state index contributed by atoms with van der Waals surface area (Å²) in [6.07, 6.45) is 0.337. The van der Waals surface area contributed by atoms with E-state index in [1.54, 1.807) is 24.3 Å². The van der Waals surface area contributed by atoms with Crippen molar-refractivity contribution in [3.05, 3.63) is 59.2 Å². The van der Waals surface area contributed by atoms with Crippen LogP contribution in [0.1, 0.15) is 22.6 Å². The fraction of sp³-hybridized carbons (Fsp3) is 0.235. The van der Waals surface area contributed by atoms with Gasteiger partial charge in [0, 0.05) is 0 Å². The van der Waals surface area contributed by atoms with Crippen molar-refractivity contribution in [3.8, 4) is 11.5 Å². The molecule has 1 unspecified atom stereocenters. The summed E-state index contributed by atoms with van der Waals surface area (Å²) in [5.41, 5.74) is 2.37. The van der Waals surface area contributed by atoms with Crippen LogP contribution in [0, 0.1) is 6.92 Å². The second-order valence-corrected chi connectivity index (χ2v) is 5.00. The van der Waals surface area contributed by atoms with E-state index in [0.717, 1.165) is 11.1 Å². The highest BCUT2D eigenvalue weighted by Gasteiger charge is 2.23. The van der Waals surface area contributed by atoms with Crippen LogP contribution in [0.4, 0.5) is 0 Å². The van der Waals surface area contributed by atoms with Gasteiger partial charge in [-0.05, 0) is 48.2 Å². The quantitative estimate of drug-likeness (QED) is 0.848. The highest BCUT2D eigenvalue weighted by molar-refractivity contribution is 5.78. The van der Waals surface area contributed by atoms with Gasteiger partial charge in [-0.3, -0.25) is 4.79 Å². The van der Waals surface area contributed by atoms with Crippen LogP contribution in [0.25, 0.3) is 0 Å². The summed E-state index contributed by atoms with van der Waals surface area (Å²) in [6.45, 7) is 1.89. The zero-order valence-electron chi connectivity index (χ0n) is 12.0. The molecule has 0 aliphatic rings. The molecule has 2 aromatic carbocycles. The van der Waals surface area contributed by atoms with Gasteiger partial charge >= 0.3 is 5.97 Å². The molecule has 0 spiro atoms. The summed E-state index contributed by atoms with van der Waals surface area (Å²) in [7, 11) is 1.34. The monoisotopic (exact) mass is 286 g/mol. The van der Waals surface area contributed by atoms with E-state index in [4.69, 9.17) is 4.74 Å². The van der Waals surface area contributed by atoms with Gasteiger partial charge < -0.3 is 14.9 Å². The van der Waals surface area contributed by atoms with Crippen molar-refractivity contribution in [3.63, 3.8) is 0 Å². The second kappa shape index (κ2) is 6.31. The molecule has 0 amide bonds. The Hall–Kier alpha value is -2.49. The van der Waals surface area contributed by atoms with E-state index in [9.17, 15) is 15.0 Å². The van der Waals surface area contributed by atoms with Crippen molar-refractivity contribution in [2.75, 3.05) is 7.11 Å². The highest BCUT2D eigenvalue weighted by atomic mass is 16.5. The number of aromatic hydroxyl groups is 2. The molecule has 21 heavy (non-hydrogen) atoms. The molecule has 0 aromatic heterocycles. The molecule has 0 bridgehead atoms.